The van der Waals surface area contributed by atoms with E-state index < -0.39 is 55.0 Å². The van der Waals surface area contributed by atoms with Gasteiger partial charge in [-0.05, 0) is 61.2 Å². The number of H-pyrrole nitrogens is 2. The number of aliphatic carboxylic acids is 2. The van der Waals surface area contributed by atoms with Gasteiger partial charge < -0.3 is 61.8 Å². The van der Waals surface area contributed by atoms with Crippen LogP contribution in [0.2, 0.25) is 5.02 Å². The second kappa shape index (κ2) is 38.1. The summed E-state index contributed by atoms with van der Waals surface area (Å²) in [5.74, 6) is -4.07. The fraction of sp³-hybridized carbons (Fsp3) is 0.293. The van der Waals surface area contributed by atoms with E-state index in [0.717, 1.165) is 10.1 Å². The molecule has 40 heteroatoms. The Morgan fingerprint density at radius 3 is 2.10 bits per heavy atom. The van der Waals surface area contributed by atoms with Crippen molar-refractivity contribution in [2.24, 2.45) is 23.9 Å². The van der Waals surface area contributed by atoms with Gasteiger partial charge in [-0.3, -0.25) is 47.7 Å². The van der Waals surface area contributed by atoms with Gasteiger partial charge in [0.2, 0.25) is 18.1 Å². The number of esters is 2. The van der Waals surface area contributed by atoms with Crippen LogP contribution in [0.3, 0.4) is 0 Å². The maximum Gasteiger partial charge on any atom is 1.00 e. The molecule has 0 radical (unpaired) electrons. The van der Waals surface area contributed by atoms with Gasteiger partial charge in [0.1, 0.15) is 17.1 Å². The molecule has 0 aliphatic carbocycles. The second-order valence-corrected chi connectivity index (χ2v) is 23.1. The molecule has 0 spiro atoms. The smallest absolute Gasteiger partial charge is 1.00 e. The Kier molecular flexibility index (Phi) is 31.5. The largest absolute Gasteiger partial charge is 1.00 e. The van der Waals surface area contributed by atoms with E-state index in [1.165, 1.54) is 50.1 Å². The number of anilines is 4. The fourth-order valence-corrected chi connectivity index (χ4v) is 8.77. The van der Waals surface area contributed by atoms with Crippen molar-refractivity contribution in [3.8, 4) is 0 Å². The number of nitrogens with two attached hydrogens (primary N) is 2. The van der Waals surface area contributed by atoms with Crippen molar-refractivity contribution in [2.45, 2.75) is 78.9 Å². The Morgan fingerprint density at radius 2 is 1.49 bits per heavy atom. The number of nitrogens with one attached hydrogen (secondary N) is 5. The second-order valence-electron chi connectivity index (χ2n) is 20.9. The predicted molar refractivity (Wildman–Crippen MR) is 339 cm³/mol. The molecule has 98 heavy (non-hydrogen) atoms. The zero-order valence-electron chi connectivity index (χ0n) is 53.5. The third-order valence-corrected chi connectivity index (χ3v) is 13.3. The maximum atomic E-state index is 12.3. The number of aliphatic hydroxyl groups is 1. The van der Waals surface area contributed by atoms with Crippen LogP contribution in [0.15, 0.2) is 117 Å². The quantitative estimate of drug-likeness (QED) is 0.0266. The third kappa shape index (κ3) is 25.0. The van der Waals surface area contributed by atoms with E-state index in [-0.39, 0.29) is 149 Å². The Morgan fingerprint density at radius 1 is 0.837 bits per heavy atom. The average molecular weight is 1460 g/mol. The molecule has 0 saturated carbocycles. The SMILES string of the molecule is CC(=O)OCC(CCn1cnc2cnc(N)nc21)COC(C)=O.CC(C)Cn1c(=O)n(C)c(=O)c2[nH]cnc21.Nc1nc2ncc(CNc3ccc(C(=O)N[C@@H](CCC(=O)O)C(=O)O)cc3)nc2c(=O)[nH]1.O=C1Nc2ccc(Cl)cc2C(c2ccccc2)=NC1O.O=[Se](=O)([O-])[O-].[Na+].[Na+]. The normalized spacial score (nSPS) is 12.5. The monoisotopic (exact) mass is 1460 g/mol. The number of amides is 2. The Bertz CT molecular complexity index is 4610. The molecule has 508 valence electrons. The number of rotatable bonds is 19. The van der Waals surface area contributed by atoms with Crippen LogP contribution in [0, 0.1) is 11.8 Å². The van der Waals surface area contributed by atoms with Crippen LogP contribution in [0.4, 0.5) is 23.3 Å². The topological polar surface area (TPSA) is 550 Å². The fourth-order valence-electron chi connectivity index (χ4n) is 8.59. The summed E-state index contributed by atoms with van der Waals surface area (Å²) < 4.78 is 48.9. The van der Waals surface area contributed by atoms with Crippen molar-refractivity contribution in [1.29, 1.82) is 0 Å². The molecule has 1 aliphatic rings. The molecule has 2 atom stereocenters. The zero-order chi connectivity index (χ0) is 70.6. The van der Waals surface area contributed by atoms with Crippen molar-refractivity contribution in [3.63, 3.8) is 0 Å². The molecule has 9 aromatic rings. The van der Waals surface area contributed by atoms with Crippen molar-refractivity contribution < 1.29 is 129 Å². The number of aryl methyl sites for hydroxylation is 1. The Hall–Kier alpha value is -9.24. The van der Waals surface area contributed by atoms with Crippen LogP contribution in [0.25, 0.3) is 33.5 Å². The van der Waals surface area contributed by atoms with Gasteiger partial charge in [0.05, 0.1) is 61.9 Å². The molecule has 10 rings (SSSR count). The third-order valence-electron chi connectivity index (χ3n) is 13.0. The summed E-state index contributed by atoms with van der Waals surface area (Å²) >= 11 is 0.275. The van der Waals surface area contributed by atoms with E-state index in [0.29, 0.717) is 81.1 Å². The average Bonchev–Trinajstić information content (AvgIpc) is 1.51. The number of ether oxygens (including phenoxy) is 2. The molecule has 12 N–H and O–H groups in total. The van der Waals surface area contributed by atoms with Crippen LogP contribution in [0.1, 0.15) is 74.1 Å². The number of aromatic nitrogens is 12. The molecule has 0 bridgehead atoms. The summed E-state index contributed by atoms with van der Waals surface area (Å²) in [5, 5.41) is 36.2. The van der Waals surface area contributed by atoms with Crippen LogP contribution in [0.5, 0.6) is 0 Å². The van der Waals surface area contributed by atoms with Gasteiger partial charge in [-0.2, -0.15) is 9.97 Å². The summed E-state index contributed by atoms with van der Waals surface area (Å²) in [6, 6.07) is 19.3. The van der Waals surface area contributed by atoms with E-state index in [9.17, 15) is 48.3 Å². The number of nitrogen functional groups attached to an aromatic ring is 2. The van der Waals surface area contributed by atoms with E-state index in [1.54, 1.807) is 42.9 Å². The molecule has 1 unspecified atom stereocenters. The van der Waals surface area contributed by atoms with Gasteiger partial charge in [0.15, 0.2) is 22.5 Å². The number of imidazole rings is 2. The number of fused-ring (bicyclic) bond motifs is 4. The van der Waals surface area contributed by atoms with E-state index >= 15 is 0 Å². The Labute approximate surface area is 605 Å². The standard InChI is InChI=1S/C19H19N7O6.C15H11ClN2O2.C14H19N5O4.C10H14N4O2.2Na.H2O4Se/c20-19-25-15-14(17(30)26-19)23-11(8-22-15)7-21-10-3-1-9(2-4-10)16(29)24-12(18(31)32)5-6-13(27)28;16-10-6-7-12-11(8-10)13(9-4-2-1-3-5-9)18-15(20)14(19)17-12;1-9(20)22-6-11(7-23-10(2)21)3-4-19-8-17-12-5-16-14(15)18-13(12)19;1-6(2)4-14-8-7(11-5-12-8)9(15)13(3)10(14)16;;;1-5(2,3)4/h1-4,8,12,21H,5-7H2,(H,24,29)(H,27,28)(H,31,32)(H3,20,22,25,26,30);1-8,15,20H,(H,17,19);5,8,11H,3-4,6-7H2,1-2H3,(H2,15,16,18);5-6H,4H2,1-3H3,(H,11,12);;;(H2,1,2,3,4)/q;;;;2*+1;/p-2/t12-;;;;;;/m0....../s1. The number of hydrogen-bond acceptors (Lipinski definition) is 27. The number of carbonyl (C=O) groups excluding carboxylic acids is 4. The minimum Gasteiger partial charge on any atom is 1.00 e. The maximum absolute atomic E-state index is 12.3. The van der Waals surface area contributed by atoms with Crippen LogP contribution in [-0.4, -0.2) is 154 Å². The van der Waals surface area contributed by atoms with Crippen molar-refractivity contribution >= 4 is 123 Å². The first-order valence-electron chi connectivity index (χ1n) is 28.4. The molecule has 2 amide bonds. The molecule has 7 heterocycles. The molecule has 36 nitrogen and oxygen atoms in total. The number of benzene rings is 3. The van der Waals surface area contributed by atoms with Crippen LogP contribution in [-0.2, 0) is 67.8 Å². The van der Waals surface area contributed by atoms with Crippen molar-refractivity contribution in [3.05, 3.63) is 156 Å². The molecule has 6 aromatic heterocycles. The first kappa shape index (κ1) is 81.2. The Balaban J connectivity index is 0.000000276. The summed E-state index contributed by atoms with van der Waals surface area (Å²) in [6.07, 6.45) is 4.67. The summed E-state index contributed by atoms with van der Waals surface area (Å²) in [7, 11) is 1.47. The summed E-state index contributed by atoms with van der Waals surface area (Å²) in [5.41, 5.74) is 16.1. The van der Waals surface area contributed by atoms with E-state index in [2.05, 4.69) is 65.8 Å². The molecule has 0 fully saturated rings. The number of nitrogens with zero attached hydrogens (tertiary/aromatic N) is 11. The minimum atomic E-state index is -5.75. The van der Waals surface area contributed by atoms with Crippen LogP contribution < -0.4 is 112 Å². The van der Waals surface area contributed by atoms with E-state index in [4.69, 9.17) is 58.8 Å². The predicted octanol–water partition coefficient (Wildman–Crippen LogP) is -5.97. The number of carboxylic acids is 2. The van der Waals surface area contributed by atoms with Gasteiger partial charge in [-0.15, -0.1) is 0 Å². The van der Waals surface area contributed by atoms with Crippen LogP contribution >= 0.6 is 11.6 Å². The molecular formula is C58H63ClN18Na2O18Se. The zero-order valence-corrected chi connectivity index (χ0v) is 60.0. The first-order valence-corrected chi connectivity index (χ1v) is 31.6. The first-order chi connectivity index (χ1) is 45.3. The molecule has 0 saturated heterocycles. The summed E-state index contributed by atoms with van der Waals surface area (Å²) in [6.45, 7) is 8.42. The number of carboxylic acid groups (broad SMARTS) is 2. The number of aliphatic hydroxyl groups excluding tert-OH is 1. The number of halogens is 1. The van der Waals surface area contributed by atoms with Gasteiger partial charge >= 0.3 is 118 Å². The van der Waals surface area contributed by atoms with E-state index in [1.807, 2.05) is 48.7 Å². The van der Waals surface area contributed by atoms with Crippen molar-refractivity contribution in [1.82, 2.24) is 63.9 Å². The molecule has 3 aromatic carbocycles. The number of hydrogen-bond donors (Lipinski definition) is 10. The number of aliphatic imine (C=N–C) groups is 1. The minimum absolute atomic E-state index is 0. The number of aromatic amines is 2. The van der Waals surface area contributed by atoms with Crippen molar-refractivity contribution in [2.75, 3.05) is 35.3 Å². The number of carbonyl (C=O) groups is 6. The van der Waals surface area contributed by atoms with Gasteiger partial charge in [0.25, 0.3) is 22.9 Å². The van der Waals surface area contributed by atoms with Gasteiger partial charge in [-0.1, -0.05) is 55.8 Å². The molecule has 1 aliphatic heterocycles. The van der Waals surface area contributed by atoms with Gasteiger partial charge in [0, 0.05) is 73.7 Å². The van der Waals surface area contributed by atoms with Gasteiger partial charge in [-0.25, -0.2) is 39.5 Å². The summed E-state index contributed by atoms with van der Waals surface area (Å²) in [4.78, 5) is 141. The molecular weight excluding hydrogens is 1400 g/mol. The number of benzodiazepines with no additional fused rings is 1.